The van der Waals surface area contributed by atoms with E-state index in [2.05, 4.69) is 51.8 Å². The molecule has 0 bridgehead atoms. The van der Waals surface area contributed by atoms with Gasteiger partial charge < -0.3 is 10.2 Å². The van der Waals surface area contributed by atoms with Crippen molar-refractivity contribution in [3.8, 4) is 0 Å². The fourth-order valence-electron chi connectivity index (χ4n) is 2.98. The van der Waals surface area contributed by atoms with Crippen LogP contribution in [-0.4, -0.2) is 36.6 Å². The topological polar surface area (TPSA) is 15.3 Å². The maximum atomic E-state index is 3.59. The van der Waals surface area contributed by atoms with Crippen LogP contribution in [0.4, 0.5) is 0 Å². The molecule has 116 valence electrons. The number of nitrogens with one attached hydrogen (secondary N) is 1. The monoisotopic (exact) mass is 270 g/mol. The Labute approximate surface area is 122 Å². The first kappa shape index (κ1) is 18.9. The standard InChI is InChI=1S/C17H38N2/c1-7-16(18-10-4)12-11-13-19(14-15(5)6)17(8-2)9-3/h15-18H,7-14H2,1-6H3. The van der Waals surface area contributed by atoms with E-state index in [0.29, 0.717) is 6.04 Å². The summed E-state index contributed by atoms with van der Waals surface area (Å²) in [6.07, 6.45) is 6.47. The highest BCUT2D eigenvalue weighted by atomic mass is 15.1. The second kappa shape index (κ2) is 11.7. The molecule has 0 spiro atoms. The molecule has 0 aromatic heterocycles. The van der Waals surface area contributed by atoms with Crippen molar-refractivity contribution in [2.45, 2.75) is 85.7 Å². The molecule has 0 aliphatic rings. The van der Waals surface area contributed by atoms with Crippen molar-refractivity contribution in [3.63, 3.8) is 0 Å². The third-order valence-corrected chi connectivity index (χ3v) is 4.04. The first-order valence-corrected chi connectivity index (χ1v) is 8.56. The van der Waals surface area contributed by atoms with E-state index < -0.39 is 0 Å². The molecule has 0 heterocycles. The lowest BCUT2D eigenvalue weighted by Crippen LogP contribution is -2.38. The Hall–Kier alpha value is -0.0800. The Morgan fingerprint density at radius 1 is 0.947 bits per heavy atom. The molecule has 0 aromatic carbocycles. The Bertz CT molecular complexity index is 188. The van der Waals surface area contributed by atoms with E-state index in [0.717, 1.165) is 18.5 Å². The molecule has 1 atom stereocenters. The second-order valence-electron chi connectivity index (χ2n) is 6.16. The Morgan fingerprint density at radius 2 is 1.58 bits per heavy atom. The molecule has 1 N–H and O–H groups in total. The van der Waals surface area contributed by atoms with Crippen LogP contribution in [0.5, 0.6) is 0 Å². The number of rotatable bonds is 12. The maximum absolute atomic E-state index is 3.59. The first-order chi connectivity index (χ1) is 9.08. The summed E-state index contributed by atoms with van der Waals surface area (Å²) in [5, 5.41) is 3.59. The third-order valence-electron chi connectivity index (χ3n) is 4.04. The smallest absolute Gasteiger partial charge is 0.00901 e. The largest absolute Gasteiger partial charge is 0.314 e. The summed E-state index contributed by atoms with van der Waals surface area (Å²) in [6.45, 7) is 17.4. The lowest BCUT2D eigenvalue weighted by molar-refractivity contribution is 0.161. The number of hydrogen-bond donors (Lipinski definition) is 1. The molecule has 0 saturated carbocycles. The van der Waals surface area contributed by atoms with Crippen LogP contribution < -0.4 is 5.32 Å². The van der Waals surface area contributed by atoms with Crippen molar-refractivity contribution in [2.24, 2.45) is 5.92 Å². The van der Waals surface area contributed by atoms with Gasteiger partial charge in [0.1, 0.15) is 0 Å². The van der Waals surface area contributed by atoms with E-state index in [1.165, 1.54) is 45.2 Å². The highest BCUT2D eigenvalue weighted by molar-refractivity contribution is 4.72. The van der Waals surface area contributed by atoms with Crippen molar-refractivity contribution in [1.82, 2.24) is 10.2 Å². The third kappa shape index (κ3) is 8.65. The van der Waals surface area contributed by atoms with Gasteiger partial charge in [0.25, 0.3) is 0 Å². The fraction of sp³-hybridized carbons (Fsp3) is 1.00. The predicted molar refractivity (Wildman–Crippen MR) is 87.8 cm³/mol. The van der Waals surface area contributed by atoms with Gasteiger partial charge in [-0.15, -0.1) is 0 Å². The zero-order chi connectivity index (χ0) is 14.7. The van der Waals surface area contributed by atoms with Gasteiger partial charge in [0.2, 0.25) is 0 Å². The van der Waals surface area contributed by atoms with Crippen molar-refractivity contribution >= 4 is 0 Å². The van der Waals surface area contributed by atoms with E-state index in [4.69, 9.17) is 0 Å². The van der Waals surface area contributed by atoms with Gasteiger partial charge in [-0.3, -0.25) is 0 Å². The molecule has 1 unspecified atom stereocenters. The molecular weight excluding hydrogens is 232 g/mol. The zero-order valence-corrected chi connectivity index (χ0v) is 14.3. The molecule has 0 fully saturated rings. The summed E-state index contributed by atoms with van der Waals surface area (Å²) >= 11 is 0. The highest BCUT2D eigenvalue weighted by Crippen LogP contribution is 2.13. The molecule has 0 rings (SSSR count). The Kier molecular flexibility index (Phi) is 11.7. The minimum absolute atomic E-state index is 0.715. The van der Waals surface area contributed by atoms with Crippen LogP contribution in [0.25, 0.3) is 0 Å². The van der Waals surface area contributed by atoms with Gasteiger partial charge >= 0.3 is 0 Å². The zero-order valence-electron chi connectivity index (χ0n) is 14.3. The van der Waals surface area contributed by atoms with Gasteiger partial charge in [0.05, 0.1) is 0 Å². The molecule has 19 heavy (non-hydrogen) atoms. The summed E-state index contributed by atoms with van der Waals surface area (Å²) in [7, 11) is 0. The lowest BCUT2D eigenvalue weighted by atomic mass is 10.0. The van der Waals surface area contributed by atoms with Gasteiger partial charge in [-0.25, -0.2) is 0 Å². The molecule has 2 heteroatoms. The van der Waals surface area contributed by atoms with E-state index >= 15 is 0 Å². The van der Waals surface area contributed by atoms with Crippen LogP contribution in [0.15, 0.2) is 0 Å². The molecular formula is C17H38N2. The lowest BCUT2D eigenvalue weighted by Gasteiger charge is -2.32. The number of nitrogens with zero attached hydrogens (tertiary/aromatic N) is 1. The molecule has 0 amide bonds. The van der Waals surface area contributed by atoms with E-state index in [1.807, 2.05) is 0 Å². The van der Waals surface area contributed by atoms with Crippen LogP contribution in [0.2, 0.25) is 0 Å². The Balaban J connectivity index is 4.17. The van der Waals surface area contributed by atoms with Gasteiger partial charge in [-0.05, 0) is 51.1 Å². The van der Waals surface area contributed by atoms with E-state index in [-0.39, 0.29) is 0 Å². The summed E-state index contributed by atoms with van der Waals surface area (Å²) in [5.74, 6) is 0.774. The predicted octanol–water partition coefficient (Wildman–Crippen LogP) is 4.30. The van der Waals surface area contributed by atoms with Crippen molar-refractivity contribution in [2.75, 3.05) is 19.6 Å². The molecule has 2 nitrogen and oxygen atoms in total. The molecule has 0 aliphatic carbocycles. The molecule has 0 saturated heterocycles. The van der Waals surface area contributed by atoms with E-state index in [1.54, 1.807) is 0 Å². The second-order valence-corrected chi connectivity index (χ2v) is 6.16. The van der Waals surface area contributed by atoms with Crippen LogP contribution >= 0.6 is 0 Å². The minimum atomic E-state index is 0.715. The summed E-state index contributed by atoms with van der Waals surface area (Å²) in [4.78, 5) is 2.73. The molecule has 0 aliphatic heterocycles. The number of hydrogen-bond acceptors (Lipinski definition) is 2. The quantitative estimate of drug-likeness (QED) is 0.569. The SMILES string of the molecule is CCNC(CC)CCCN(CC(C)C)C(CC)CC. The van der Waals surface area contributed by atoms with Gasteiger partial charge in [0, 0.05) is 18.6 Å². The minimum Gasteiger partial charge on any atom is -0.314 e. The van der Waals surface area contributed by atoms with Crippen molar-refractivity contribution < 1.29 is 0 Å². The maximum Gasteiger partial charge on any atom is 0.00901 e. The van der Waals surface area contributed by atoms with Crippen LogP contribution in [-0.2, 0) is 0 Å². The molecule has 0 radical (unpaired) electrons. The van der Waals surface area contributed by atoms with Gasteiger partial charge in [0.15, 0.2) is 0 Å². The Morgan fingerprint density at radius 3 is 2.00 bits per heavy atom. The average molecular weight is 271 g/mol. The summed E-state index contributed by atoms with van der Waals surface area (Å²) in [6, 6.07) is 1.49. The van der Waals surface area contributed by atoms with Gasteiger partial charge in [-0.2, -0.15) is 0 Å². The first-order valence-electron chi connectivity index (χ1n) is 8.56. The van der Waals surface area contributed by atoms with E-state index in [9.17, 15) is 0 Å². The molecule has 0 aromatic rings. The highest BCUT2D eigenvalue weighted by Gasteiger charge is 2.16. The van der Waals surface area contributed by atoms with Crippen LogP contribution in [0, 0.1) is 5.92 Å². The summed E-state index contributed by atoms with van der Waals surface area (Å²) in [5.41, 5.74) is 0. The summed E-state index contributed by atoms with van der Waals surface area (Å²) < 4.78 is 0. The fourth-order valence-corrected chi connectivity index (χ4v) is 2.98. The van der Waals surface area contributed by atoms with Crippen LogP contribution in [0.1, 0.15) is 73.6 Å². The van der Waals surface area contributed by atoms with Gasteiger partial charge in [-0.1, -0.05) is 41.5 Å². The average Bonchev–Trinajstić information content (AvgIpc) is 2.38. The normalized spacial score (nSPS) is 13.7. The van der Waals surface area contributed by atoms with Crippen molar-refractivity contribution in [1.29, 1.82) is 0 Å². The van der Waals surface area contributed by atoms with Crippen molar-refractivity contribution in [3.05, 3.63) is 0 Å². The van der Waals surface area contributed by atoms with Crippen LogP contribution in [0.3, 0.4) is 0 Å².